The number of sulfonamides is 1. The zero-order chi connectivity index (χ0) is 20.7. The fourth-order valence-corrected chi connectivity index (χ4v) is 3.91. The van der Waals surface area contributed by atoms with E-state index in [2.05, 4.69) is 4.72 Å². The summed E-state index contributed by atoms with van der Waals surface area (Å²) in [5.74, 6) is -0.327. The molecular weight excluding hydrogens is 386 g/mol. The standard InChI is InChI=1S/C18H25N3O6S/c1-14(22)15-4-6-16(7-5-15)28(25,26)19-9-8-17(23)20-10-3-11-21(13-12-20)18(24)27-2/h4-7,19H,3,8-13H2,1-2H3. The number of ether oxygens (including phenoxy) is 1. The highest BCUT2D eigenvalue weighted by atomic mass is 32.2. The molecule has 28 heavy (non-hydrogen) atoms. The minimum absolute atomic E-state index is 0.0168. The Balaban J connectivity index is 1.85. The van der Waals surface area contributed by atoms with Gasteiger partial charge in [0.05, 0.1) is 12.0 Å². The van der Waals surface area contributed by atoms with Crippen molar-refractivity contribution in [1.29, 1.82) is 0 Å². The molecule has 1 aliphatic rings. The van der Waals surface area contributed by atoms with Gasteiger partial charge in [0.25, 0.3) is 0 Å². The van der Waals surface area contributed by atoms with Crippen LogP contribution < -0.4 is 4.72 Å². The van der Waals surface area contributed by atoms with Crippen LogP contribution in [0.15, 0.2) is 29.2 Å². The van der Waals surface area contributed by atoms with Gasteiger partial charge in [-0.15, -0.1) is 0 Å². The molecule has 154 valence electrons. The number of ketones is 1. The van der Waals surface area contributed by atoms with E-state index in [1.165, 1.54) is 38.3 Å². The van der Waals surface area contributed by atoms with Crippen molar-refractivity contribution in [2.24, 2.45) is 0 Å². The van der Waals surface area contributed by atoms with E-state index in [4.69, 9.17) is 4.74 Å². The number of amides is 2. The Morgan fingerprint density at radius 2 is 1.64 bits per heavy atom. The third-order valence-corrected chi connectivity index (χ3v) is 5.96. The fourth-order valence-electron chi connectivity index (χ4n) is 2.88. The average Bonchev–Trinajstić information content (AvgIpc) is 2.93. The van der Waals surface area contributed by atoms with E-state index in [0.717, 1.165) is 0 Å². The second kappa shape index (κ2) is 9.65. The summed E-state index contributed by atoms with van der Waals surface area (Å²) in [5.41, 5.74) is 0.427. The highest BCUT2D eigenvalue weighted by Crippen LogP contribution is 2.11. The molecule has 0 bridgehead atoms. The van der Waals surface area contributed by atoms with E-state index in [-0.39, 0.29) is 29.6 Å². The molecule has 0 aromatic heterocycles. The van der Waals surface area contributed by atoms with E-state index in [0.29, 0.717) is 38.2 Å². The molecule has 1 aliphatic heterocycles. The molecule has 9 nitrogen and oxygen atoms in total. The summed E-state index contributed by atoms with van der Waals surface area (Å²) in [6.07, 6.45) is 0.232. The first-order chi connectivity index (χ1) is 13.2. The number of nitrogens with one attached hydrogen (secondary N) is 1. The molecule has 1 saturated heterocycles. The molecule has 1 N–H and O–H groups in total. The highest BCUT2D eigenvalue weighted by Gasteiger charge is 2.22. The summed E-state index contributed by atoms with van der Waals surface area (Å²) >= 11 is 0. The van der Waals surface area contributed by atoms with Crippen LogP contribution in [0.5, 0.6) is 0 Å². The number of methoxy groups -OCH3 is 1. The third kappa shape index (κ3) is 5.77. The van der Waals surface area contributed by atoms with Gasteiger partial charge in [0.15, 0.2) is 5.78 Å². The Kier molecular flexibility index (Phi) is 7.53. The summed E-state index contributed by atoms with van der Waals surface area (Å²) < 4.78 is 31.7. The zero-order valence-electron chi connectivity index (χ0n) is 16.0. The molecule has 0 spiro atoms. The number of hydrogen-bond acceptors (Lipinski definition) is 6. The number of nitrogens with zero attached hydrogens (tertiary/aromatic N) is 2. The van der Waals surface area contributed by atoms with Crippen molar-refractivity contribution in [1.82, 2.24) is 14.5 Å². The monoisotopic (exact) mass is 411 g/mol. The first-order valence-electron chi connectivity index (χ1n) is 8.96. The average molecular weight is 411 g/mol. The summed E-state index contributed by atoms with van der Waals surface area (Å²) in [6, 6.07) is 5.62. The third-order valence-electron chi connectivity index (χ3n) is 4.48. The first-order valence-corrected chi connectivity index (χ1v) is 10.4. The summed E-state index contributed by atoms with van der Waals surface area (Å²) in [6.45, 7) is 3.15. The molecular formula is C18H25N3O6S. The molecule has 2 rings (SSSR count). The van der Waals surface area contributed by atoms with Gasteiger partial charge in [0.1, 0.15) is 0 Å². The van der Waals surface area contributed by atoms with Crippen LogP contribution in [-0.4, -0.2) is 75.8 Å². The molecule has 0 saturated carbocycles. The van der Waals surface area contributed by atoms with Crippen LogP contribution in [-0.2, 0) is 19.6 Å². The van der Waals surface area contributed by atoms with Gasteiger partial charge >= 0.3 is 6.09 Å². The van der Waals surface area contributed by atoms with Crippen LogP contribution in [0.1, 0.15) is 30.1 Å². The number of hydrogen-bond donors (Lipinski definition) is 1. The fraction of sp³-hybridized carbons (Fsp3) is 0.500. The van der Waals surface area contributed by atoms with Crippen LogP contribution in [0.25, 0.3) is 0 Å². The maximum absolute atomic E-state index is 12.4. The molecule has 0 aliphatic carbocycles. The second-order valence-electron chi connectivity index (χ2n) is 6.42. The Labute approximate surface area is 164 Å². The Morgan fingerprint density at radius 1 is 1.04 bits per heavy atom. The normalized spacial score (nSPS) is 15.1. The zero-order valence-corrected chi connectivity index (χ0v) is 16.8. The molecule has 1 heterocycles. The lowest BCUT2D eigenvalue weighted by molar-refractivity contribution is -0.130. The van der Waals surface area contributed by atoms with Crippen molar-refractivity contribution in [3.8, 4) is 0 Å². The molecule has 2 amide bonds. The summed E-state index contributed by atoms with van der Waals surface area (Å²) in [7, 11) is -2.45. The van der Waals surface area contributed by atoms with E-state index >= 15 is 0 Å². The predicted octanol–water partition coefficient (Wildman–Crippen LogP) is 0.858. The van der Waals surface area contributed by atoms with Crippen molar-refractivity contribution in [3.63, 3.8) is 0 Å². The van der Waals surface area contributed by atoms with Gasteiger partial charge in [-0.25, -0.2) is 17.9 Å². The quantitative estimate of drug-likeness (QED) is 0.695. The lowest BCUT2D eigenvalue weighted by Crippen LogP contribution is -2.38. The topological polar surface area (TPSA) is 113 Å². The largest absolute Gasteiger partial charge is 0.453 e. The van der Waals surface area contributed by atoms with Gasteiger partial charge < -0.3 is 14.5 Å². The van der Waals surface area contributed by atoms with Crippen molar-refractivity contribution >= 4 is 27.8 Å². The van der Waals surface area contributed by atoms with Crippen molar-refractivity contribution in [3.05, 3.63) is 29.8 Å². The van der Waals surface area contributed by atoms with Gasteiger partial charge in [0, 0.05) is 44.7 Å². The summed E-state index contributed by atoms with van der Waals surface area (Å²) in [4.78, 5) is 38.4. The predicted molar refractivity (Wildman–Crippen MR) is 101 cm³/mol. The minimum atomic E-state index is -3.76. The van der Waals surface area contributed by atoms with Gasteiger partial charge in [-0.3, -0.25) is 9.59 Å². The number of benzene rings is 1. The van der Waals surface area contributed by atoms with Crippen LogP contribution in [0, 0.1) is 0 Å². The molecule has 0 unspecified atom stereocenters. The molecule has 1 aromatic rings. The summed E-state index contributed by atoms with van der Waals surface area (Å²) in [5, 5.41) is 0. The smallest absolute Gasteiger partial charge is 0.409 e. The molecule has 0 atom stereocenters. The van der Waals surface area contributed by atoms with Crippen LogP contribution in [0.3, 0.4) is 0 Å². The Morgan fingerprint density at radius 3 is 2.25 bits per heavy atom. The molecule has 0 radical (unpaired) electrons. The molecule has 1 aromatic carbocycles. The maximum Gasteiger partial charge on any atom is 0.409 e. The van der Waals surface area contributed by atoms with Crippen LogP contribution in [0.4, 0.5) is 4.79 Å². The SMILES string of the molecule is COC(=O)N1CCCN(C(=O)CCNS(=O)(=O)c2ccc(C(C)=O)cc2)CC1. The van der Waals surface area contributed by atoms with E-state index < -0.39 is 16.1 Å². The van der Waals surface area contributed by atoms with Crippen molar-refractivity contribution < 1.29 is 27.5 Å². The van der Waals surface area contributed by atoms with Crippen LogP contribution >= 0.6 is 0 Å². The molecule has 10 heteroatoms. The number of carbonyl (C=O) groups excluding carboxylic acids is 3. The maximum atomic E-state index is 12.4. The van der Waals surface area contributed by atoms with Crippen LogP contribution in [0.2, 0.25) is 0 Å². The lowest BCUT2D eigenvalue weighted by Gasteiger charge is -2.21. The number of carbonyl (C=O) groups is 3. The van der Waals surface area contributed by atoms with E-state index in [1.807, 2.05) is 0 Å². The lowest BCUT2D eigenvalue weighted by atomic mass is 10.2. The van der Waals surface area contributed by atoms with Gasteiger partial charge in [-0.1, -0.05) is 12.1 Å². The number of rotatable bonds is 6. The van der Waals surface area contributed by atoms with Crippen molar-refractivity contribution in [2.75, 3.05) is 39.8 Å². The van der Waals surface area contributed by atoms with Gasteiger partial charge in [-0.2, -0.15) is 0 Å². The molecule has 1 fully saturated rings. The Bertz CT molecular complexity index is 822. The first kappa shape index (κ1) is 21.8. The minimum Gasteiger partial charge on any atom is -0.453 e. The van der Waals surface area contributed by atoms with Crippen molar-refractivity contribution in [2.45, 2.75) is 24.7 Å². The Hall–Kier alpha value is -2.46. The van der Waals surface area contributed by atoms with Gasteiger partial charge in [-0.05, 0) is 25.5 Å². The van der Waals surface area contributed by atoms with Gasteiger partial charge in [0.2, 0.25) is 15.9 Å². The van der Waals surface area contributed by atoms with E-state index in [9.17, 15) is 22.8 Å². The highest BCUT2D eigenvalue weighted by molar-refractivity contribution is 7.89. The second-order valence-corrected chi connectivity index (χ2v) is 8.19. The van der Waals surface area contributed by atoms with E-state index in [1.54, 1.807) is 9.80 Å². The number of Topliss-reactive ketones (excluding diaryl/α,β-unsaturated/α-hetero) is 1.